The number of nitrogens with zero attached hydrogens (tertiary/aromatic N) is 1. The van der Waals surface area contributed by atoms with E-state index in [1.165, 1.54) is 0 Å². The van der Waals surface area contributed by atoms with Gasteiger partial charge in [0.05, 0.1) is 12.3 Å². The van der Waals surface area contributed by atoms with Crippen molar-refractivity contribution in [1.29, 1.82) is 0 Å². The van der Waals surface area contributed by atoms with Gasteiger partial charge in [-0.1, -0.05) is 42.0 Å². The topological polar surface area (TPSA) is 40.5 Å². The Morgan fingerprint density at radius 1 is 1.00 bits per heavy atom. The summed E-state index contributed by atoms with van der Waals surface area (Å²) in [5.74, 6) is 0.228. The Morgan fingerprint density at radius 3 is 2.36 bits per heavy atom. The van der Waals surface area contributed by atoms with Crippen LogP contribution in [0.15, 0.2) is 73.1 Å². The van der Waals surface area contributed by atoms with Crippen molar-refractivity contribution in [1.82, 2.24) is 4.57 Å². The highest BCUT2D eigenvalue weighted by molar-refractivity contribution is 5.77. The van der Waals surface area contributed by atoms with Crippen LogP contribution in [0.3, 0.4) is 0 Å². The molecule has 2 aromatic carbocycles. The third-order valence-electron chi connectivity index (χ3n) is 3.87. The third-order valence-corrected chi connectivity index (χ3v) is 3.87. The lowest BCUT2D eigenvalue weighted by atomic mass is 10.1. The molecule has 0 amide bonds. The number of rotatable bonds is 6. The van der Waals surface area contributed by atoms with E-state index in [4.69, 9.17) is 9.47 Å². The van der Waals surface area contributed by atoms with Gasteiger partial charge in [0.2, 0.25) is 6.10 Å². The van der Waals surface area contributed by atoms with Gasteiger partial charge in [0.1, 0.15) is 5.75 Å². The number of ether oxygens (including phenoxy) is 2. The second kappa shape index (κ2) is 7.71. The summed E-state index contributed by atoms with van der Waals surface area (Å²) in [6.45, 7) is 4.10. The van der Waals surface area contributed by atoms with Gasteiger partial charge in [0.25, 0.3) is 0 Å². The number of esters is 1. The van der Waals surface area contributed by atoms with Gasteiger partial charge in [-0.25, -0.2) is 4.79 Å². The number of para-hydroxylation sites is 2. The first kappa shape index (κ1) is 16.8. The maximum Gasteiger partial charge on any atom is 0.352 e. The minimum Gasteiger partial charge on any atom is -0.472 e. The number of aryl methyl sites for hydroxylation is 1. The molecule has 25 heavy (non-hydrogen) atoms. The lowest BCUT2D eigenvalue weighted by Crippen LogP contribution is -2.22. The van der Waals surface area contributed by atoms with E-state index >= 15 is 0 Å². The van der Waals surface area contributed by atoms with E-state index in [0.29, 0.717) is 12.4 Å². The number of hydrogen-bond acceptors (Lipinski definition) is 3. The quantitative estimate of drug-likeness (QED) is 0.624. The lowest BCUT2D eigenvalue weighted by Gasteiger charge is -2.20. The van der Waals surface area contributed by atoms with E-state index in [0.717, 1.165) is 16.8 Å². The van der Waals surface area contributed by atoms with E-state index in [1.54, 1.807) is 6.92 Å². The van der Waals surface area contributed by atoms with Gasteiger partial charge in [-0.2, -0.15) is 0 Å². The molecule has 0 aliphatic rings. The highest BCUT2D eigenvalue weighted by Crippen LogP contribution is 2.29. The lowest BCUT2D eigenvalue weighted by molar-refractivity contribution is -0.151. The molecule has 3 rings (SSSR count). The summed E-state index contributed by atoms with van der Waals surface area (Å²) in [4.78, 5) is 12.5. The molecule has 4 nitrogen and oxygen atoms in total. The average molecular weight is 335 g/mol. The summed E-state index contributed by atoms with van der Waals surface area (Å²) < 4.78 is 13.3. The molecule has 1 aromatic heterocycles. The van der Waals surface area contributed by atoms with E-state index < -0.39 is 12.1 Å². The van der Waals surface area contributed by atoms with E-state index in [-0.39, 0.29) is 0 Å². The molecular formula is C21H21NO3. The van der Waals surface area contributed by atoms with E-state index in [1.807, 2.05) is 84.5 Å². The van der Waals surface area contributed by atoms with Crippen molar-refractivity contribution in [2.24, 2.45) is 0 Å². The van der Waals surface area contributed by atoms with Crippen LogP contribution in [-0.2, 0) is 9.53 Å². The van der Waals surface area contributed by atoms with Crippen LogP contribution in [-0.4, -0.2) is 17.1 Å². The number of hydrogen-bond donors (Lipinski definition) is 0. The molecule has 0 fully saturated rings. The molecule has 0 aliphatic carbocycles. The molecule has 0 radical (unpaired) electrons. The Balaban J connectivity index is 1.96. The van der Waals surface area contributed by atoms with Crippen LogP contribution >= 0.6 is 0 Å². The molecular weight excluding hydrogens is 314 g/mol. The van der Waals surface area contributed by atoms with Gasteiger partial charge in [0.15, 0.2) is 0 Å². The predicted molar refractivity (Wildman–Crippen MR) is 97.0 cm³/mol. The van der Waals surface area contributed by atoms with E-state index in [9.17, 15) is 4.79 Å². The Bertz CT molecular complexity index is 823. The van der Waals surface area contributed by atoms with Crippen LogP contribution in [0, 0.1) is 6.92 Å². The third kappa shape index (κ3) is 3.91. The highest BCUT2D eigenvalue weighted by Gasteiger charge is 2.25. The van der Waals surface area contributed by atoms with Crippen molar-refractivity contribution >= 4 is 5.97 Å². The largest absolute Gasteiger partial charge is 0.472 e. The van der Waals surface area contributed by atoms with Gasteiger partial charge in [-0.3, -0.25) is 0 Å². The van der Waals surface area contributed by atoms with Crippen LogP contribution in [0.4, 0.5) is 0 Å². The molecule has 4 heteroatoms. The molecule has 0 aliphatic heterocycles. The number of carbonyl (C=O) groups excluding carboxylic acids is 1. The number of carbonyl (C=O) groups is 1. The molecule has 0 saturated carbocycles. The van der Waals surface area contributed by atoms with Crippen LogP contribution in [0.5, 0.6) is 5.75 Å². The zero-order valence-corrected chi connectivity index (χ0v) is 14.4. The number of benzene rings is 2. The SMILES string of the molecule is CCOC(=O)C(Oc1ccccc1-n1cccc1)c1ccc(C)cc1. The van der Waals surface area contributed by atoms with Gasteiger partial charge >= 0.3 is 5.97 Å². The van der Waals surface area contributed by atoms with Gasteiger partial charge < -0.3 is 14.0 Å². The van der Waals surface area contributed by atoms with Crippen molar-refractivity contribution in [2.75, 3.05) is 6.61 Å². The minimum absolute atomic E-state index is 0.309. The Kier molecular flexibility index (Phi) is 5.19. The van der Waals surface area contributed by atoms with Crippen molar-refractivity contribution < 1.29 is 14.3 Å². The maximum absolute atomic E-state index is 12.5. The Hall–Kier alpha value is -3.01. The molecule has 1 atom stereocenters. The second-order valence-electron chi connectivity index (χ2n) is 5.72. The summed E-state index contributed by atoms with van der Waals surface area (Å²) in [5.41, 5.74) is 2.76. The fraction of sp³-hybridized carbons (Fsp3) is 0.190. The van der Waals surface area contributed by atoms with Gasteiger partial charge in [-0.15, -0.1) is 0 Å². The summed E-state index contributed by atoms with van der Waals surface area (Å²) >= 11 is 0. The molecule has 0 N–H and O–H groups in total. The van der Waals surface area contributed by atoms with Crippen molar-refractivity contribution in [3.63, 3.8) is 0 Å². The minimum atomic E-state index is -0.808. The van der Waals surface area contributed by atoms with E-state index in [2.05, 4.69) is 0 Å². The van der Waals surface area contributed by atoms with Crippen LogP contribution in [0.1, 0.15) is 24.2 Å². The summed E-state index contributed by atoms with van der Waals surface area (Å²) in [5, 5.41) is 0. The zero-order valence-electron chi connectivity index (χ0n) is 14.4. The normalized spacial score (nSPS) is 11.8. The molecule has 128 valence electrons. The molecule has 0 saturated heterocycles. The molecule has 1 unspecified atom stereocenters. The summed E-state index contributed by atoms with van der Waals surface area (Å²) in [6.07, 6.45) is 3.07. The molecule has 1 heterocycles. The standard InChI is InChI=1S/C21H21NO3/c1-3-24-21(23)20(17-12-10-16(2)11-13-17)25-19-9-5-4-8-18(19)22-14-6-7-15-22/h4-15,20H,3H2,1-2H3. The van der Waals surface area contributed by atoms with Crippen LogP contribution in [0.25, 0.3) is 5.69 Å². The molecule has 3 aromatic rings. The second-order valence-corrected chi connectivity index (χ2v) is 5.72. The van der Waals surface area contributed by atoms with Gasteiger partial charge in [0, 0.05) is 18.0 Å². The Labute approximate surface area is 147 Å². The Morgan fingerprint density at radius 2 is 1.68 bits per heavy atom. The summed E-state index contributed by atoms with van der Waals surface area (Å²) in [6, 6.07) is 19.2. The predicted octanol–water partition coefficient (Wildman–Crippen LogP) is 4.47. The summed E-state index contributed by atoms with van der Waals surface area (Å²) in [7, 11) is 0. The molecule has 0 bridgehead atoms. The smallest absolute Gasteiger partial charge is 0.352 e. The fourth-order valence-corrected chi connectivity index (χ4v) is 2.60. The van der Waals surface area contributed by atoms with Crippen molar-refractivity contribution in [3.05, 3.63) is 84.2 Å². The molecule has 0 spiro atoms. The fourth-order valence-electron chi connectivity index (χ4n) is 2.60. The monoisotopic (exact) mass is 335 g/mol. The van der Waals surface area contributed by atoms with Crippen molar-refractivity contribution in [3.8, 4) is 11.4 Å². The van der Waals surface area contributed by atoms with Gasteiger partial charge in [-0.05, 0) is 38.1 Å². The first-order chi connectivity index (χ1) is 12.2. The maximum atomic E-state index is 12.5. The first-order valence-electron chi connectivity index (χ1n) is 8.31. The van der Waals surface area contributed by atoms with Crippen molar-refractivity contribution in [2.45, 2.75) is 20.0 Å². The average Bonchev–Trinajstić information content (AvgIpc) is 3.15. The number of aromatic nitrogens is 1. The first-order valence-corrected chi connectivity index (χ1v) is 8.31. The van der Waals surface area contributed by atoms with Crippen LogP contribution in [0.2, 0.25) is 0 Å². The highest BCUT2D eigenvalue weighted by atomic mass is 16.6. The zero-order chi connectivity index (χ0) is 17.6. The van der Waals surface area contributed by atoms with Crippen LogP contribution < -0.4 is 4.74 Å².